The van der Waals surface area contributed by atoms with Gasteiger partial charge in [0.25, 0.3) is 0 Å². The number of nitrogens with zero attached hydrogens (tertiary/aromatic N) is 4. The maximum atomic E-state index is 11.7. The summed E-state index contributed by atoms with van der Waals surface area (Å²) >= 11 is 0. The molecule has 0 aromatic carbocycles. The lowest BCUT2D eigenvalue weighted by Gasteiger charge is -2.33. The van der Waals surface area contributed by atoms with Crippen LogP contribution in [-0.2, 0) is 13.1 Å². The third-order valence-electron chi connectivity index (χ3n) is 4.29. The SMILES string of the molecule is Cc1ccc(CN2Cc3ccnn3[C@H](CCNC(=O)N(C)C)C2)o1. The molecule has 7 nitrogen and oxygen atoms in total. The van der Waals surface area contributed by atoms with Crippen molar-refractivity contribution in [2.24, 2.45) is 0 Å². The van der Waals surface area contributed by atoms with Crippen LogP contribution >= 0.6 is 0 Å². The Balaban J connectivity index is 1.62. The minimum absolute atomic E-state index is 0.0607. The molecule has 0 spiro atoms. The molecule has 1 aliphatic rings. The largest absolute Gasteiger partial charge is 0.465 e. The van der Waals surface area contributed by atoms with E-state index in [4.69, 9.17) is 4.42 Å². The number of aryl methyl sites for hydroxylation is 1. The molecule has 0 saturated heterocycles. The fraction of sp³-hybridized carbons (Fsp3) is 0.529. The zero-order chi connectivity index (χ0) is 17.1. The van der Waals surface area contributed by atoms with E-state index in [0.717, 1.165) is 37.6 Å². The predicted molar refractivity (Wildman–Crippen MR) is 90.5 cm³/mol. The highest BCUT2D eigenvalue weighted by molar-refractivity contribution is 5.73. The number of amides is 2. The summed E-state index contributed by atoms with van der Waals surface area (Å²) in [5, 5.41) is 7.39. The standard InChI is InChI=1S/C17H25N5O2/c1-13-4-5-16(24-13)12-21-10-14(6-8-18-17(23)20(2)3)22-15(11-21)7-9-19-22/h4-5,7,9,14H,6,8,10-12H2,1-3H3,(H,18,23)/t14-/m1/s1. The van der Waals surface area contributed by atoms with Gasteiger partial charge < -0.3 is 14.6 Å². The number of rotatable bonds is 5. The van der Waals surface area contributed by atoms with Crippen molar-refractivity contribution < 1.29 is 9.21 Å². The topological polar surface area (TPSA) is 66.5 Å². The fourth-order valence-electron chi connectivity index (χ4n) is 3.09. The van der Waals surface area contributed by atoms with Gasteiger partial charge in [-0.1, -0.05) is 0 Å². The lowest BCUT2D eigenvalue weighted by atomic mass is 10.1. The molecule has 24 heavy (non-hydrogen) atoms. The Morgan fingerprint density at radius 2 is 2.25 bits per heavy atom. The van der Waals surface area contributed by atoms with Gasteiger partial charge in [-0.3, -0.25) is 9.58 Å². The molecule has 1 atom stereocenters. The molecule has 1 aliphatic heterocycles. The molecule has 0 bridgehead atoms. The number of carbonyl (C=O) groups is 1. The number of urea groups is 1. The summed E-state index contributed by atoms with van der Waals surface area (Å²) in [4.78, 5) is 15.6. The summed E-state index contributed by atoms with van der Waals surface area (Å²) in [7, 11) is 3.49. The Hall–Kier alpha value is -2.28. The van der Waals surface area contributed by atoms with E-state index in [2.05, 4.69) is 26.1 Å². The van der Waals surface area contributed by atoms with Crippen molar-refractivity contribution >= 4 is 6.03 Å². The van der Waals surface area contributed by atoms with Gasteiger partial charge in [0.05, 0.1) is 18.3 Å². The number of hydrogen-bond donors (Lipinski definition) is 1. The van der Waals surface area contributed by atoms with Gasteiger partial charge >= 0.3 is 6.03 Å². The molecule has 130 valence electrons. The summed E-state index contributed by atoms with van der Waals surface area (Å²) in [6.07, 6.45) is 2.70. The van der Waals surface area contributed by atoms with Gasteiger partial charge in [0.15, 0.2) is 0 Å². The maximum Gasteiger partial charge on any atom is 0.316 e. The second-order valence-electron chi connectivity index (χ2n) is 6.52. The quantitative estimate of drug-likeness (QED) is 0.910. The molecule has 2 aromatic rings. The van der Waals surface area contributed by atoms with Gasteiger partial charge in [-0.15, -0.1) is 0 Å². The lowest BCUT2D eigenvalue weighted by Crippen LogP contribution is -2.40. The van der Waals surface area contributed by atoms with Crippen molar-refractivity contribution in [1.82, 2.24) is 24.9 Å². The van der Waals surface area contributed by atoms with Crippen LogP contribution in [-0.4, -0.2) is 52.8 Å². The molecule has 1 N–H and O–H groups in total. The number of fused-ring (bicyclic) bond motifs is 1. The number of furan rings is 1. The van der Waals surface area contributed by atoms with E-state index < -0.39 is 0 Å². The Bertz CT molecular complexity index is 691. The molecule has 3 heterocycles. The monoisotopic (exact) mass is 331 g/mol. The van der Waals surface area contributed by atoms with Gasteiger partial charge in [-0.25, -0.2) is 4.79 Å². The van der Waals surface area contributed by atoms with Gasteiger partial charge in [0, 0.05) is 39.9 Å². The van der Waals surface area contributed by atoms with Gasteiger partial charge in [0.1, 0.15) is 11.5 Å². The zero-order valence-electron chi connectivity index (χ0n) is 14.5. The molecule has 7 heteroatoms. The number of aromatic nitrogens is 2. The molecule has 0 fully saturated rings. The van der Waals surface area contributed by atoms with Crippen molar-refractivity contribution in [3.8, 4) is 0 Å². The van der Waals surface area contributed by atoms with E-state index >= 15 is 0 Å². The predicted octanol–water partition coefficient (Wildman–Crippen LogP) is 2.00. The minimum Gasteiger partial charge on any atom is -0.465 e. The Morgan fingerprint density at radius 1 is 1.42 bits per heavy atom. The van der Waals surface area contributed by atoms with Gasteiger partial charge in [-0.2, -0.15) is 5.10 Å². The van der Waals surface area contributed by atoms with E-state index in [1.807, 2.05) is 25.3 Å². The van der Waals surface area contributed by atoms with Crippen molar-refractivity contribution in [3.63, 3.8) is 0 Å². The Labute approximate surface area is 142 Å². The van der Waals surface area contributed by atoms with Crippen molar-refractivity contribution in [3.05, 3.63) is 41.6 Å². The van der Waals surface area contributed by atoms with Crippen LogP contribution < -0.4 is 5.32 Å². The molecular weight excluding hydrogens is 306 g/mol. The second-order valence-corrected chi connectivity index (χ2v) is 6.52. The van der Waals surface area contributed by atoms with E-state index in [9.17, 15) is 4.79 Å². The maximum absolute atomic E-state index is 11.7. The van der Waals surface area contributed by atoms with E-state index in [1.165, 1.54) is 5.69 Å². The molecule has 2 aromatic heterocycles. The zero-order valence-corrected chi connectivity index (χ0v) is 14.5. The lowest BCUT2D eigenvalue weighted by molar-refractivity contribution is 0.150. The summed E-state index contributed by atoms with van der Waals surface area (Å²) in [6, 6.07) is 6.28. The number of carbonyl (C=O) groups excluding carboxylic acids is 1. The van der Waals surface area contributed by atoms with Crippen LogP contribution in [0, 0.1) is 6.92 Å². The van der Waals surface area contributed by atoms with E-state index in [-0.39, 0.29) is 12.1 Å². The highest BCUT2D eigenvalue weighted by Gasteiger charge is 2.26. The molecule has 0 radical (unpaired) electrons. The summed E-state index contributed by atoms with van der Waals surface area (Å²) in [5.41, 5.74) is 1.20. The molecular formula is C17H25N5O2. The van der Waals surface area contributed by atoms with Crippen molar-refractivity contribution in [1.29, 1.82) is 0 Å². The fourth-order valence-corrected chi connectivity index (χ4v) is 3.09. The summed E-state index contributed by atoms with van der Waals surface area (Å²) in [6.45, 7) is 5.14. The average Bonchev–Trinajstić information content (AvgIpc) is 3.16. The molecule has 3 rings (SSSR count). The van der Waals surface area contributed by atoms with Crippen LogP contribution in [0.2, 0.25) is 0 Å². The first-order valence-corrected chi connectivity index (χ1v) is 8.28. The van der Waals surface area contributed by atoms with Gasteiger partial charge in [0.2, 0.25) is 0 Å². The summed E-state index contributed by atoms with van der Waals surface area (Å²) < 4.78 is 7.79. The van der Waals surface area contributed by atoms with Crippen molar-refractivity contribution in [2.45, 2.75) is 32.5 Å². The second kappa shape index (κ2) is 7.09. The van der Waals surface area contributed by atoms with Crippen LogP contribution in [0.5, 0.6) is 0 Å². The van der Waals surface area contributed by atoms with Crippen molar-refractivity contribution in [2.75, 3.05) is 27.2 Å². The van der Waals surface area contributed by atoms with Crippen LogP contribution in [0.25, 0.3) is 0 Å². The van der Waals surface area contributed by atoms with Crippen LogP contribution in [0.1, 0.15) is 29.7 Å². The first kappa shape index (κ1) is 16.6. The average molecular weight is 331 g/mol. The highest BCUT2D eigenvalue weighted by atomic mass is 16.3. The first-order valence-electron chi connectivity index (χ1n) is 8.28. The molecule has 0 unspecified atom stereocenters. The third-order valence-corrected chi connectivity index (χ3v) is 4.29. The highest BCUT2D eigenvalue weighted by Crippen LogP contribution is 2.24. The number of hydrogen-bond acceptors (Lipinski definition) is 4. The minimum atomic E-state index is -0.0607. The third kappa shape index (κ3) is 3.79. The van der Waals surface area contributed by atoms with Gasteiger partial charge in [-0.05, 0) is 31.5 Å². The normalized spacial score (nSPS) is 17.5. The Kier molecular flexibility index (Phi) is 4.89. The van der Waals surface area contributed by atoms with Crippen LogP contribution in [0.3, 0.4) is 0 Å². The molecule has 0 saturated carbocycles. The Morgan fingerprint density at radius 3 is 2.96 bits per heavy atom. The molecule has 2 amide bonds. The first-order chi connectivity index (χ1) is 11.5. The molecule has 0 aliphatic carbocycles. The van der Waals surface area contributed by atoms with Crippen LogP contribution in [0.4, 0.5) is 4.79 Å². The smallest absolute Gasteiger partial charge is 0.316 e. The van der Waals surface area contributed by atoms with E-state index in [1.54, 1.807) is 19.0 Å². The number of nitrogens with one attached hydrogen (secondary N) is 1. The van der Waals surface area contributed by atoms with Crippen LogP contribution in [0.15, 0.2) is 28.8 Å². The van der Waals surface area contributed by atoms with E-state index in [0.29, 0.717) is 6.54 Å². The summed E-state index contributed by atoms with van der Waals surface area (Å²) in [5.74, 6) is 1.93.